The molecule has 3 heterocycles. The van der Waals surface area contributed by atoms with Gasteiger partial charge in [-0.1, -0.05) is 23.7 Å². The number of benzene rings is 2. The molecule has 0 atom stereocenters. The molecule has 0 aliphatic carbocycles. The van der Waals surface area contributed by atoms with Gasteiger partial charge in [0, 0.05) is 24.7 Å². The first-order valence-corrected chi connectivity index (χ1v) is 12.2. The standard InChI is InChI=1S/C26H26ClFN6O2/c1-16(2)30-26(25(35)36)11-13-33(14-12-26)24-22-19(15-29-31-24)23(17-7-9-18(28)10-8-17)34(32-22)21-6-4-3-5-20(21)27/h3-10,15-16,30H,11-14H2,1-2H3,(H,35,36). The van der Waals surface area contributed by atoms with Crippen molar-refractivity contribution < 1.29 is 14.3 Å². The maximum Gasteiger partial charge on any atom is 0.324 e. The number of hydrogen-bond acceptors (Lipinski definition) is 6. The average Bonchev–Trinajstić information content (AvgIpc) is 3.24. The van der Waals surface area contributed by atoms with E-state index in [2.05, 4.69) is 15.5 Å². The summed E-state index contributed by atoms with van der Waals surface area (Å²) in [6, 6.07) is 13.6. The van der Waals surface area contributed by atoms with Gasteiger partial charge in [0.25, 0.3) is 0 Å². The number of halogens is 2. The van der Waals surface area contributed by atoms with E-state index in [1.54, 1.807) is 29.1 Å². The Morgan fingerprint density at radius 3 is 2.47 bits per heavy atom. The minimum Gasteiger partial charge on any atom is -0.480 e. The third-order valence-corrected chi connectivity index (χ3v) is 6.88. The Morgan fingerprint density at radius 1 is 1.14 bits per heavy atom. The summed E-state index contributed by atoms with van der Waals surface area (Å²) >= 11 is 6.54. The first-order valence-electron chi connectivity index (χ1n) is 11.8. The maximum atomic E-state index is 13.7. The van der Waals surface area contributed by atoms with Crippen molar-refractivity contribution in [3.63, 3.8) is 0 Å². The number of para-hydroxylation sites is 1. The lowest BCUT2D eigenvalue weighted by Gasteiger charge is -2.40. The average molecular weight is 509 g/mol. The van der Waals surface area contributed by atoms with Crippen LogP contribution < -0.4 is 10.2 Å². The topological polar surface area (TPSA) is 96.2 Å². The summed E-state index contributed by atoms with van der Waals surface area (Å²) in [5, 5.41) is 28.0. The SMILES string of the molecule is CC(C)NC1(C(=O)O)CCN(c2nncc3c(-c4ccc(F)cc4)n(-c4ccccc4Cl)nc23)CC1. The van der Waals surface area contributed by atoms with Crippen LogP contribution >= 0.6 is 11.6 Å². The van der Waals surface area contributed by atoms with Crippen molar-refractivity contribution in [3.8, 4) is 16.9 Å². The molecule has 1 aliphatic heterocycles. The molecule has 1 aliphatic rings. The van der Waals surface area contributed by atoms with Gasteiger partial charge in [0.1, 0.15) is 16.9 Å². The molecule has 1 saturated heterocycles. The van der Waals surface area contributed by atoms with Crippen molar-refractivity contribution in [1.29, 1.82) is 0 Å². The zero-order valence-electron chi connectivity index (χ0n) is 19.9. The van der Waals surface area contributed by atoms with Crippen molar-refractivity contribution in [3.05, 3.63) is 65.6 Å². The van der Waals surface area contributed by atoms with Gasteiger partial charge in [-0.3, -0.25) is 10.1 Å². The van der Waals surface area contributed by atoms with Crippen molar-refractivity contribution in [2.45, 2.75) is 38.3 Å². The highest BCUT2D eigenvalue weighted by Crippen LogP contribution is 2.37. The van der Waals surface area contributed by atoms with Crippen LogP contribution in [0.4, 0.5) is 10.2 Å². The molecule has 4 aromatic rings. The fourth-order valence-corrected chi connectivity index (χ4v) is 5.09. The van der Waals surface area contributed by atoms with Crippen LogP contribution in [0.5, 0.6) is 0 Å². The van der Waals surface area contributed by atoms with E-state index in [9.17, 15) is 14.3 Å². The van der Waals surface area contributed by atoms with Crippen LogP contribution in [0.2, 0.25) is 5.02 Å². The van der Waals surface area contributed by atoms with E-state index in [1.807, 2.05) is 36.9 Å². The van der Waals surface area contributed by atoms with Gasteiger partial charge < -0.3 is 10.0 Å². The molecule has 0 spiro atoms. The second-order valence-corrected chi connectivity index (χ2v) is 9.73. The van der Waals surface area contributed by atoms with Gasteiger partial charge in [0.2, 0.25) is 0 Å². The Kier molecular flexibility index (Phi) is 6.36. The van der Waals surface area contributed by atoms with Gasteiger partial charge >= 0.3 is 5.97 Å². The molecule has 186 valence electrons. The minimum atomic E-state index is -0.984. The maximum absolute atomic E-state index is 13.7. The number of nitrogens with zero attached hydrogens (tertiary/aromatic N) is 5. The zero-order valence-corrected chi connectivity index (χ0v) is 20.7. The predicted molar refractivity (Wildman–Crippen MR) is 137 cm³/mol. The van der Waals surface area contributed by atoms with Crippen LogP contribution in [0.15, 0.2) is 54.7 Å². The highest BCUT2D eigenvalue weighted by molar-refractivity contribution is 6.32. The van der Waals surface area contributed by atoms with Gasteiger partial charge in [0.15, 0.2) is 5.82 Å². The highest BCUT2D eigenvalue weighted by Gasteiger charge is 2.42. The minimum absolute atomic E-state index is 0.0421. The van der Waals surface area contributed by atoms with E-state index < -0.39 is 11.5 Å². The molecule has 8 nitrogen and oxygen atoms in total. The number of aliphatic carboxylic acids is 1. The first kappa shape index (κ1) is 24.1. The molecule has 0 unspecified atom stereocenters. The number of anilines is 1. The van der Waals surface area contributed by atoms with Gasteiger partial charge in [-0.05, 0) is 63.1 Å². The number of carbonyl (C=O) groups is 1. The molecule has 0 radical (unpaired) electrons. The Morgan fingerprint density at radius 2 is 1.83 bits per heavy atom. The molecular weight excluding hydrogens is 483 g/mol. The number of piperidine rings is 1. The lowest BCUT2D eigenvalue weighted by molar-refractivity contribution is -0.146. The molecule has 0 amide bonds. The summed E-state index contributed by atoms with van der Waals surface area (Å²) in [6.07, 6.45) is 2.47. The Balaban J connectivity index is 1.61. The molecule has 0 bridgehead atoms. The van der Waals surface area contributed by atoms with Crippen LogP contribution in [0, 0.1) is 5.82 Å². The number of fused-ring (bicyclic) bond motifs is 1. The van der Waals surface area contributed by atoms with E-state index in [0.29, 0.717) is 53.7 Å². The van der Waals surface area contributed by atoms with E-state index >= 15 is 0 Å². The molecule has 0 saturated carbocycles. The van der Waals surface area contributed by atoms with E-state index in [0.717, 1.165) is 10.9 Å². The summed E-state index contributed by atoms with van der Waals surface area (Å²) in [7, 11) is 0. The fourth-order valence-electron chi connectivity index (χ4n) is 4.88. The predicted octanol–water partition coefficient (Wildman–Crippen LogP) is 4.70. The molecule has 10 heteroatoms. The van der Waals surface area contributed by atoms with Crippen LogP contribution in [0.25, 0.3) is 27.8 Å². The Labute approximate surface area is 212 Å². The van der Waals surface area contributed by atoms with Crippen LogP contribution in [-0.4, -0.2) is 55.7 Å². The quantitative estimate of drug-likeness (QED) is 0.390. The fraction of sp³-hybridized carbons (Fsp3) is 0.308. The molecule has 5 rings (SSSR count). The van der Waals surface area contributed by atoms with Crippen molar-refractivity contribution >= 4 is 34.3 Å². The second-order valence-electron chi connectivity index (χ2n) is 9.32. The largest absolute Gasteiger partial charge is 0.480 e. The van der Waals surface area contributed by atoms with Crippen LogP contribution in [0.3, 0.4) is 0 Å². The summed E-state index contributed by atoms with van der Waals surface area (Å²) in [5.41, 5.74) is 1.77. The van der Waals surface area contributed by atoms with Crippen molar-refractivity contribution in [2.75, 3.05) is 18.0 Å². The normalized spacial score (nSPS) is 15.5. The number of hydrogen-bond donors (Lipinski definition) is 2. The monoisotopic (exact) mass is 508 g/mol. The Bertz CT molecular complexity index is 1410. The highest BCUT2D eigenvalue weighted by atomic mass is 35.5. The number of aromatic nitrogens is 4. The van der Waals surface area contributed by atoms with Crippen LogP contribution in [0.1, 0.15) is 26.7 Å². The lowest BCUT2D eigenvalue weighted by atomic mass is 9.86. The Hall–Kier alpha value is -3.56. The summed E-state index contributed by atoms with van der Waals surface area (Å²) in [4.78, 5) is 14.1. The molecule has 2 N–H and O–H groups in total. The second kappa shape index (κ2) is 9.48. The molecular formula is C26H26ClFN6O2. The number of carboxylic acid groups (broad SMARTS) is 1. The number of carboxylic acids is 1. The molecule has 2 aromatic carbocycles. The van der Waals surface area contributed by atoms with Gasteiger partial charge in [-0.15, -0.1) is 5.10 Å². The third kappa shape index (κ3) is 4.29. The summed E-state index contributed by atoms with van der Waals surface area (Å²) in [5.74, 6) is -0.607. The lowest BCUT2D eigenvalue weighted by Crippen LogP contribution is -2.60. The zero-order chi connectivity index (χ0) is 25.4. The van der Waals surface area contributed by atoms with E-state index in [1.165, 1.54) is 12.1 Å². The van der Waals surface area contributed by atoms with Crippen molar-refractivity contribution in [1.82, 2.24) is 25.3 Å². The smallest absolute Gasteiger partial charge is 0.324 e. The summed E-state index contributed by atoms with van der Waals surface area (Å²) in [6.45, 7) is 4.85. The molecule has 1 fully saturated rings. The van der Waals surface area contributed by atoms with Gasteiger partial charge in [-0.2, -0.15) is 10.2 Å². The number of nitrogens with one attached hydrogen (secondary N) is 1. The number of rotatable bonds is 6. The van der Waals surface area contributed by atoms with E-state index in [-0.39, 0.29) is 11.9 Å². The molecule has 36 heavy (non-hydrogen) atoms. The first-order chi connectivity index (χ1) is 17.3. The van der Waals surface area contributed by atoms with Gasteiger partial charge in [-0.25, -0.2) is 9.07 Å². The summed E-state index contributed by atoms with van der Waals surface area (Å²) < 4.78 is 15.5. The molecule has 2 aromatic heterocycles. The van der Waals surface area contributed by atoms with Crippen molar-refractivity contribution in [2.24, 2.45) is 0 Å². The van der Waals surface area contributed by atoms with E-state index in [4.69, 9.17) is 16.7 Å². The third-order valence-electron chi connectivity index (χ3n) is 6.56. The van der Waals surface area contributed by atoms with Gasteiger partial charge in [0.05, 0.1) is 28.0 Å². The van der Waals surface area contributed by atoms with Crippen LogP contribution in [-0.2, 0) is 4.79 Å².